The average molecular weight is 739 g/mol. The fraction of sp³-hybridized carbons (Fsp3) is 1.00. The van der Waals surface area contributed by atoms with Crippen LogP contribution in [0.15, 0.2) is 0 Å². The second-order valence-electron chi connectivity index (χ2n) is 7.46. The van der Waals surface area contributed by atoms with E-state index in [1.165, 1.54) is 0 Å². The third-order valence-corrected chi connectivity index (χ3v) is 5.21. The molecule has 0 aliphatic heterocycles. The number of hydrogen-bond acceptors (Lipinski definition) is 6. The molecule has 0 radical (unpaired) electrons. The van der Waals surface area contributed by atoms with Crippen molar-refractivity contribution in [2.75, 3.05) is 13.2 Å². The second kappa shape index (κ2) is 12.9. The Morgan fingerprint density at radius 3 is 0.841 bits per heavy atom. The summed E-state index contributed by atoms with van der Waals surface area (Å²) in [7, 11) is -6.26. The number of ether oxygens (including phenoxy) is 2. The molecule has 0 spiro atoms. The monoisotopic (exact) mass is 739 g/mol. The van der Waals surface area contributed by atoms with E-state index in [4.69, 9.17) is 4.89 Å². The van der Waals surface area contributed by atoms with Crippen molar-refractivity contribution in [3.8, 4) is 0 Å². The first-order valence-corrected chi connectivity index (χ1v) is 11.0. The molecule has 0 fully saturated rings. The topological polar surface area (TPSA) is 109 Å². The summed E-state index contributed by atoms with van der Waals surface area (Å²) < 4.78 is 302. The van der Waals surface area contributed by atoms with Gasteiger partial charge >= 0.3 is 68.3 Å². The lowest BCUT2D eigenvalue weighted by atomic mass is 10.2. The molecule has 0 aromatic carbocycles. The van der Waals surface area contributed by atoms with Crippen molar-refractivity contribution in [3.63, 3.8) is 0 Å². The molecule has 0 aromatic rings. The molecule has 0 bridgehead atoms. The molecule has 0 rings (SSSR count). The summed E-state index contributed by atoms with van der Waals surface area (Å²) in [5, 5.41) is 0. The van der Waals surface area contributed by atoms with Gasteiger partial charge in [0, 0.05) is 12.8 Å². The summed E-state index contributed by atoms with van der Waals surface area (Å²) in [4.78, 5) is 8.98. The zero-order chi connectivity index (χ0) is 35.2. The van der Waals surface area contributed by atoms with Gasteiger partial charge in [-0.25, -0.2) is 4.57 Å². The van der Waals surface area contributed by atoms with Gasteiger partial charge in [-0.2, -0.15) is 96.6 Å². The van der Waals surface area contributed by atoms with E-state index in [9.17, 15) is 101 Å². The number of rotatable bonds is 14. The standard InChI is InChI=1S/C14H9F22O6P.H3N/c15-5(16,13(33,34)41-7(19,9(21,22)23)10(24,25)26)1-3-39-43(37,38)40-4-2-6(17,18)14(35,36)42-8(20,11(27,28)29)12(30,31)32;/h1-4H2,(H,37,38);1H3. The van der Waals surface area contributed by atoms with Crippen LogP contribution < -0.4 is 6.15 Å². The molecule has 0 aliphatic rings. The van der Waals surface area contributed by atoms with Crippen LogP contribution in [0, 0.1) is 0 Å². The van der Waals surface area contributed by atoms with Gasteiger partial charge in [0.25, 0.3) is 0 Å². The molecule has 7 nitrogen and oxygen atoms in total. The van der Waals surface area contributed by atoms with Crippen molar-refractivity contribution in [2.45, 2.75) is 73.3 Å². The Balaban J connectivity index is 0. The Morgan fingerprint density at radius 1 is 0.455 bits per heavy atom. The summed E-state index contributed by atoms with van der Waals surface area (Å²) in [6.45, 7) is -4.93. The first-order valence-electron chi connectivity index (χ1n) is 9.51. The van der Waals surface area contributed by atoms with Crippen LogP contribution in [0.2, 0.25) is 0 Å². The maximum absolute atomic E-state index is 13.5. The highest BCUT2D eigenvalue weighted by molar-refractivity contribution is 7.47. The van der Waals surface area contributed by atoms with Gasteiger partial charge in [0.15, 0.2) is 0 Å². The fourth-order valence-corrected chi connectivity index (χ4v) is 2.68. The number of halogens is 22. The summed E-state index contributed by atoms with van der Waals surface area (Å²) in [6, 6.07) is 0. The lowest BCUT2D eigenvalue weighted by molar-refractivity contribution is -0.503. The molecule has 0 aromatic heterocycles. The van der Waals surface area contributed by atoms with Gasteiger partial charge in [0.2, 0.25) is 0 Å². The lowest BCUT2D eigenvalue weighted by Gasteiger charge is -2.35. The van der Waals surface area contributed by atoms with Crippen molar-refractivity contribution < 1.29 is 125 Å². The van der Waals surface area contributed by atoms with Gasteiger partial charge < -0.3 is 11.0 Å². The Kier molecular flexibility index (Phi) is 13.1. The summed E-state index contributed by atoms with van der Waals surface area (Å²) in [5.41, 5.74) is 0. The Hall–Kier alpha value is -1.55. The predicted molar refractivity (Wildman–Crippen MR) is 89.8 cm³/mol. The second-order valence-corrected chi connectivity index (χ2v) is 8.92. The molecular weight excluding hydrogens is 727 g/mol. The fourth-order valence-electron chi connectivity index (χ4n) is 1.96. The van der Waals surface area contributed by atoms with Crippen LogP contribution in [0.4, 0.5) is 96.6 Å². The van der Waals surface area contributed by atoms with E-state index in [2.05, 4.69) is 9.05 Å². The van der Waals surface area contributed by atoms with Crippen molar-refractivity contribution in [1.29, 1.82) is 0 Å². The van der Waals surface area contributed by atoms with E-state index in [0.29, 0.717) is 0 Å². The molecule has 0 aliphatic carbocycles. The van der Waals surface area contributed by atoms with Gasteiger partial charge in [0.1, 0.15) is 0 Å². The van der Waals surface area contributed by atoms with Crippen LogP contribution in [0.25, 0.3) is 0 Å². The Labute approximate surface area is 226 Å². The number of hydrogen-bond donors (Lipinski definition) is 2. The first-order chi connectivity index (χ1) is 18.3. The molecular formula is C14H12F22NO6P. The molecule has 44 heavy (non-hydrogen) atoms. The van der Waals surface area contributed by atoms with Crippen molar-refractivity contribution >= 4 is 7.82 Å². The minimum Gasteiger partial charge on any atom is -0.344 e. The zero-order valence-electron chi connectivity index (χ0n) is 19.8. The van der Waals surface area contributed by atoms with Crippen LogP contribution in [0.5, 0.6) is 0 Å². The number of phosphoric acid groups is 1. The minimum atomic E-state index is -7.45. The van der Waals surface area contributed by atoms with Crippen molar-refractivity contribution in [2.24, 2.45) is 0 Å². The van der Waals surface area contributed by atoms with E-state index in [-0.39, 0.29) is 6.15 Å². The highest BCUT2D eigenvalue weighted by Gasteiger charge is 2.81. The van der Waals surface area contributed by atoms with Crippen LogP contribution in [-0.4, -0.2) is 78.6 Å². The van der Waals surface area contributed by atoms with Crippen LogP contribution >= 0.6 is 7.82 Å². The van der Waals surface area contributed by atoms with Gasteiger partial charge in [0.05, 0.1) is 13.2 Å². The van der Waals surface area contributed by atoms with E-state index >= 15 is 0 Å². The maximum atomic E-state index is 13.5. The molecule has 30 heteroatoms. The number of phosphoric ester groups is 1. The third kappa shape index (κ3) is 9.73. The molecule has 0 atom stereocenters. The van der Waals surface area contributed by atoms with E-state index in [1.54, 1.807) is 9.47 Å². The van der Waals surface area contributed by atoms with E-state index in [1.807, 2.05) is 0 Å². The largest absolute Gasteiger partial charge is 0.472 e. The van der Waals surface area contributed by atoms with E-state index < -0.39 is 94.4 Å². The highest BCUT2D eigenvalue weighted by Crippen LogP contribution is 2.55. The molecule has 4 N–H and O–H groups in total. The third-order valence-electron chi connectivity index (χ3n) is 4.19. The van der Waals surface area contributed by atoms with Crippen molar-refractivity contribution in [1.82, 2.24) is 6.15 Å². The highest BCUT2D eigenvalue weighted by atomic mass is 31.2. The van der Waals surface area contributed by atoms with E-state index in [0.717, 1.165) is 0 Å². The Bertz CT molecular complexity index is 888. The minimum absolute atomic E-state index is 0. The molecule has 0 heterocycles. The molecule has 0 saturated carbocycles. The van der Waals surface area contributed by atoms with Crippen LogP contribution in [-0.2, 0) is 23.1 Å². The maximum Gasteiger partial charge on any atom is 0.472 e. The number of alkyl halides is 22. The normalized spacial score (nSPS) is 15.8. The average Bonchev–Trinajstić information content (AvgIpc) is 2.68. The smallest absolute Gasteiger partial charge is 0.344 e. The predicted octanol–water partition coefficient (Wildman–Crippen LogP) is 8.13. The lowest BCUT2D eigenvalue weighted by Crippen LogP contribution is -2.61. The first kappa shape index (κ1) is 44.6. The summed E-state index contributed by atoms with van der Waals surface area (Å²) in [6.07, 6.45) is -49.9. The summed E-state index contributed by atoms with van der Waals surface area (Å²) in [5.74, 6) is -27.6. The molecule has 0 amide bonds. The van der Waals surface area contributed by atoms with Crippen molar-refractivity contribution in [3.05, 3.63) is 0 Å². The SMILES string of the molecule is N.O=P(O)(OCCC(F)(F)C(F)(F)OC(F)(C(F)(F)F)C(F)(F)F)OCCC(F)(F)C(F)(F)OC(F)(C(F)(F)F)C(F)(F)F. The van der Waals surface area contributed by atoms with Gasteiger partial charge in [-0.15, -0.1) is 0 Å². The molecule has 268 valence electrons. The Morgan fingerprint density at radius 2 is 0.659 bits per heavy atom. The quantitative estimate of drug-likeness (QED) is 0.137. The molecule has 0 unspecified atom stereocenters. The van der Waals surface area contributed by atoms with Crippen LogP contribution in [0.3, 0.4) is 0 Å². The van der Waals surface area contributed by atoms with Gasteiger partial charge in [-0.1, -0.05) is 0 Å². The summed E-state index contributed by atoms with van der Waals surface area (Å²) >= 11 is 0. The zero-order valence-corrected chi connectivity index (χ0v) is 20.7. The molecule has 0 saturated heterocycles. The van der Waals surface area contributed by atoms with Gasteiger partial charge in [-0.3, -0.25) is 18.5 Å². The van der Waals surface area contributed by atoms with Crippen LogP contribution in [0.1, 0.15) is 12.8 Å². The van der Waals surface area contributed by atoms with Gasteiger partial charge in [-0.05, 0) is 0 Å².